The summed E-state index contributed by atoms with van der Waals surface area (Å²) in [6.45, 7) is 8.93. The van der Waals surface area contributed by atoms with E-state index in [1.54, 1.807) is 12.5 Å². The Balaban J connectivity index is 1.64. The fourth-order valence-electron chi connectivity index (χ4n) is 7.53. The monoisotopic (exact) mass is 345 g/mol. The van der Waals surface area contributed by atoms with Crippen molar-refractivity contribution in [3.63, 3.8) is 0 Å². The van der Waals surface area contributed by atoms with Crippen LogP contribution in [0.3, 0.4) is 0 Å². The van der Waals surface area contributed by atoms with Crippen LogP contribution in [0.2, 0.25) is 0 Å². The highest BCUT2D eigenvalue weighted by Gasteiger charge is 2.60. The van der Waals surface area contributed by atoms with Crippen molar-refractivity contribution >= 4 is 5.91 Å². The lowest BCUT2D eigenvalue weighted by Gasteiger charge is -2.58. The van der Waals surface area contributed by atoms with Crippen molar-refractivity contribution < 1.29 is 9.90 Å². The van der Waals surface area contributed by atoms with Crippen LogP contribution in [0.1, 0.15) is 72.6 Å². The van der Waals surface area contributed by atoms with Crippen molar-refractivity contribution in [2.45, 2.75) is 84.8 Å². The molecule has 4 aliphatic rings. The number of nitrogens with one attached hydrogen (secondary N) is 1. The number of fused-ring (bicyclic) bond motifs is 5. The summed E-state index contributed by atoms with van der Waals surface area (Å²) >= 11 is 0. The molecule has 0 radical (unpaired) electrons. The van der Waals surface area contributed by atoms with E-state index in [4.69, 9.17) is 0 Å². The first-order valence-corrected chi connectivity index (χ1v) is 10.4. The zero-order chi connectivity index (χ0) is 18.0. The Morgan fingerprint density at radius 3 is 2.72 bits per heavy atom. The number of rotatable bonds is 1. The third-order valence-electron chi connectivity index (χ3n) is 8.78. The quantitative estimate of drug-likeness (QED) is 0.704. The zero-order valence-electron chi connectivity index (χ0n) is 16.3. The molecule has 25 heavy (non-hydrogen) atoms. The van der Waals surface area contributed by atoms with Crippen LogP contribution >= 0.6 is 0 Å². The maximum absolute atomic E-state index is 11.8. The number of carbonyl (C=O) groups excluding carboxylic acids is 1. The van der Waals surface area contributed by atoms with Gasteiger partial charge in [-0.25, -0.2) is 0 Å². The summed E-state index contributed by atoms with van der Waals surface area (Å²) in [6.07, 6.45) is 10.3. The van der Waals surface area contributed by atoms with E-state index in [1.807, 2.05) is 0 Å². The standard InChI is InChI=1S/C22H35NO2/c1-13-11-19-17-6-5-15-12-16(25)7-9-21(15,3)18(17)8-10-22(19,4)20(13)23-14(2)24/h5,13,16-20,25H,6-12H2,1-4H3,(H,23,24)/t13-,16?,17?,18?,19?,20?,21+,22+/m1/s1. The molecule has 4 aliphatic carbocycles. The number of hydrogen-bond acceptors (Lipinski definition) is 2. The third kappa shape index (κ3) is 2.52. The number of hydrogen-bond donors (Lipinski definition) is 2. The number of aliphatic hydroxyl groups is 1. The largest absolute Gasteiger partial charge is 0.393 e. The molecule has 3 heteroatoms. The SMILES string of the molecule is CC(=O)NC1[C@H](C)CC2C3CC=C4CC(O)CC[C@]4(C)C3CC[C@@]21C. The summed E-state index contributed by atoms with van der Waals surface area (Å²) in [7, 11) is 0. The topological polar surface area (TPSA) is 49.3 Å². The van der Waals surface area contributed by atoms with E-state index < -0.39 is 0 Å². The van der Waals surface area contributed by atoms with Gasteiger partial charge in [-0.15, -0.1) is 0 Å². The second-order valence-corrected chi connectivity index (χ2v) is 10.1. The summed E-state index contributed by atoms with van der Waals surface area (Å²) in [5, 5.41) is 13.4. The Kier molecular flexibility index (Phi) is 4.10. The van der Waals surface area contributed by atoms with E-state index in [1.165, 1.54) is 25.7 Å². The lowest BCUT2D eigenvalue weighted by atomic mass is 9.48. The molecule has 0 saturated heterocycles. The van der Waals surface area contributed by atoms with Crippen LogP contribution in [0.5, 0.6) is 0 Å². The van der Waals surface area contributed by atoms with E-state index >= 15 is 0 Å². The van der Waals surface area contributed by atoms with Crippen LogP contribution in [-0.4, -0.2) is 23.2 Å². The van der Waals surface area contributed by atoms with E-state index in [0.29, 0.717) is 17.4 Å². The summed E-state index contributed by atoms with van der Waals surface area (Å²) in [4.78, 5) is 11.8. The molecule has 0 aromatic rings. The number of allylic oxidation sites excluding steroid dienone is 1. The summed E-state index contributed by atoms with van der Waals surface area (Å²) in [6, 6.07) is 0.335. The van der Waals surface area contributed by atoms with Gasteiger partial charge in [-0.3, -0.25) is 4.79 Å². The van der Waals surface area contributed by atoms with Gasteiger partial charge < -0.3 is 10.4 Å². The Labute approximate surface area is 152 Å². The lowest BCUT2D eigenvalue weighted by molar-refractivity contribution is -0.121. The molecule has 4 rings (SSSR count). The highest BCUT2D eigenvalue weighted by molar-refractivity contribution is 5.73. The summed E-state index contributed by atoms with van der Waals surface area (Å²) in [5.41, 5.74) is 2.10. The van der Waals surface area contributed by atoms with Gasteiger partial charge in [-0.1, -0.05) is 32.4 Å². The van der Waals surface area contributed by atoms with Crippen LogP contribution in [0.15, 0.2) is 11.6 Å². The average molecular weight is 346 g/mol. The number of aliphatic hydroxyl groups excluding tert-OH is 1. The highest BCUT2D eigenvalue weighted by Crippen LogP contribution is 2.65. The fourth-order valence-corrected chi connectivity index (χ4v) is 7.53. The predicted molar refractivity (Wildman–Crippen MR) is 99.9 cm³/mol. The molecule has 0 aromatic carbocycles. The van der Waals surface area contributed by atoms with Crippen molar-refractivity contribution in [1.29, 1.82) is 0 Å². The molecule has 3 nitrogen and oxygen atoms in total. The van der Waals surface area contributed by atoms with Gasteiger partial charge in [0.25, 0.3) is 0 Å². The normalized spacial score (nSPS) is 51.8. The van der Waals surface area contributed by atoms with Crippen molar-refractivity contribution in [3.8, 4) is 0 Å². The second-order valence-electron chi connectivity index (χ2n) is 10.1. The Morgan fingerprint density at radius 2 is 2.00 bits per heavy atom. The van der Waals surface area contributed by atoms with Crippen LogP contribution < -0.4 is 5.32 Å². The molecule has 1 amide bonds. The lowest BCUT2D eigenvalue weighted by Crippen LogP contribution is -2.54. The van der Waals surface area contributed by atoms with Gasteiger partial charge in [0, 0.05) is 13.0 Å². The molecular formula is C22H35NO2. The fraction of sp³-hybridized carbons (Fsp3) is 0.864. The van der Waals surface area contributed by atoms with Gasteiger partial charge in [-0.2, -0.15) is 0 Å². The van der Waals surface area contributed by atoms with Crippen LogP contribution in [0.4, 0.5) is 0 Å². The van der Waals surface area contributed by atoms with Gasteiger partial charge >= 0.3 is 0 Å². The summed E-state index contributed by atoms with van der Waals surface area (Å²) in [5.74, 6) is 2.94. The molecule has 0 spiro atoms. The minimum Gasteiger partial charge on any atom is -0.393 e. The summed E-state index contributed by atoms with van der Waals surface area (Å²) < 4.78 is 0. The van der Waals surface area contributed by atoms with E-state index in [9.17, 15) is 9.90 Å². The molecule has 0 aromatic heterocycles. The van der Waals surface area contributed by atoms with Crippen LogP contribution in [0, 0.1) is 34.5 Å². The van der Waals surface area contributed by atoms with Crippen LogP contribution in [-0.2, 0) is 4.79 Å². The molecule has 0 heterocycles. The molecular weight excluding hydrogens is 310 g/mol. The molecule has 0 bridgehead atoms. The molecule has 0 aliphatic heterocycles. The predicted octanol–water partition coefficient (Wildman–Crippen LogP) is 4.06. The number of carbonyl (C=O) groups is 1. The Morgan fingerprint density at radius 1 is 1.24 bits per heavy atom. The number of amides is 1. The van der Waals surface area contributed by atoms with Crippen LogP contribution in [0.25, 0.3) is 0 Å². The molecule has 140 valence electrons. The average Bonchev–Trinajstić information content (AvgIpc) is 2.79. The molecule has 3 saturated carbocycles. The first-order chi connectivity index (χ1) is 11.8. The van der Waals surface area contributed by atoms with Crippen molar-refractivity contribution in [2.24, 2.45) is 34.5 Å². The minimum absolute atomic E-state index is 0.125. The van der Waals surface area contributed by atoms with E-state index in [2.05, 4.69) is 32.2 Å². The van der Waals surface area contributed by atoms with E-state index in [0.717, 1.165) is 37.0 Å². The van der Waals surface area contributed by atoms with Crippen molar-refractivity contribution in [1.82, 2.24) is 5.32 Å². The highest BCUT2D eigenvalue weighted by atomic mass is 16.3. The van der Waals surface area contributed by atoms with Gasteiger partial charge in [0.05, 0.1) is 6.10 Å². The molecule has 3 fully saturated rings. The van der Waals surface area contributed by atoms with E-state index in [-0.39, 0.29) is 17.4 Å². The maximum Gasteiger partial charge on any atom is 0.217 e. The van der Waals surface area contributed by atoms with Gasteiger partial charge in [0.2, 0.25) is 5.91 Å². The Hall–Kier alpha value is -0.830. The first-order valence-electron chi connectivity index (χ1n) is 10.4. The second kappa shape index (κ2) is 5.84. The molecule has 5 unspecified atom stereocenters. The zero-order valence-corrected chi connectivity index (χ0v) is 16.3. The first kappa shape index (κ1) is 17.6. The van der Waals surface area contributed by atoms with Crippen molar-refractivity contribution in [3.05, 3.63) is 11.6 Å². The third-order valence-corrected chi connectivity index (χ3v) is 8.78. The molecule has 2 N–H and O–H groups in total. The van der Waals surface area contributed by atoms with Gasteiger partial charge in [-0.05, 0) is 79.4 Å². The van der Waals surface area contributed by atoms with Gasteiger partial charge in [0.1, 0.15) is 0 Å². The smallest absolute Gasteiger partial charge is 0.217 e. The van der Waals surface area contributed by atoms with Crippen molar-refractivity contribution in [2.75, 3.05) is 0 Å². The van der Waals surface area contributed by atoms with Gasteiger partial charge in [0.15, 0.2) is 0 Å². The minimum atomic E-state index is -0.125. The maximum atomic E-state index is 11.8. The Bertz CT molecular complexity index is 599. The molecule has 8 atom stereocenters.